The number of aliphatic hydroxyl groups is 1. The van der Waals surface area contributed by atoms with Crippen LogP contribution in [0.15, 0.2) is 108 Å². The Bertz CT molecular complexity index is 2170. The molecule has 0 saturated carbocycles. The quantitative estimate of drug-likeness (QED) is 0.0486. The van der Waals surface area contributed by atoms with Crippen molar-refractivity contribution in [3.8, 4) is 5.75 Å². The Morgan fingerprint density at radius 1 is 0.677 bits per heavy atom. The standard InChI is InChI=1S/C46H49NO13S2/c1-26(49)54-24-38-44(56-28(3)51)45(57-29(4)52)43(55-27(2)50)37(58-38)22-40(61)47-34-12-8-11-33(21-34)46-59-39(25-62-36-19-17-35(53)18-20-36)41(31-9-6-5-7-10-31)42(60-46)32-15-13-30(23-48)14-16-32/h5-21,37-39,41-46,48,53H,22-25H2,1-4H3,(H,47,61). The van der Waals surface area contributed by atoms with Crippen molar-refractivity contribution in [2.45, 2.75) is 101 Å². The number of thiocarbonyl (C=S) groups is 1. The van der Waals surface area contributed by atoms with Gasteiger partial charge in [-0.1, -0.05) is 78.9 Å². The topological polar surface area (TPSA) is 185 Å². The number of phenols is 1. The van der Waals surface area contributed by atoms with Crippen LogP contribution in [0, 0.1) is 0 Å². The Labute approximate surface area is 369 Å². The molecule has 2 aliphatic heterocycles. The average Bonchev–Trinajstić information content (AvgIpc) is 3.24. The van der Waals surface area contributed by atoms with Crippen molar-refractivity contribution in [3.63, 3.8) is 0 Å². The molecule has 2 saturated heterocycles. The number of hydrogen-bond acceptors (Lipinski definition) is 15. The third-order valence-electron chi connectivity index (χ3n) is 10.1. The second-order valence-electron chi connectivity index (χ2n) is 14.8. The van der Waals surface area contributed by atoms with Gasteiger partial charge in [0.1, 0.15) is 24.6 Å². The second-order valence-corrected chi connectivity index (χ2v) is 16.4. The number of thioether (sulfide) groups is 1. The van der Waals surface area contributed by atoms with Gasteiger partial charge < -0.3 is 48.7 Å². The fraction of sp³-hybridized carbons (Fsp3) is 0.370. The first-order valence-electron chi connectivity index (χ1n) is 20.0. The first kappa shape index (κ1) is 46.2. The minimum absolute atomic E-state index is 0.0592. The summed E-state index contributed by atoms with van der Waals surface area (Å²) in [6.45, 7) is 4.25. The van der Waals surface area contributed by atoms with Crippen molar-refractivity contribution in [1.82, 2.24) is 0 Å². The molecule has 16 heteroatoms. The van der Waals surface area contributed by atoms with E-state index in [1.54, 1.807) is 23.9 Å². The highest BCUT2D eigenvalue weighted by atomic mass is 32.2. The van der Waals surface area contributed by atoms with Gasteiger partial charge in [-0.2, -0.15) is 0 Å². The number of aromatic hydroxyl groups is 1. The van der Waals surface area contributed by atoms with Crippen molar-refractivity contribution in [2.75, 3.05) is 17.7 Å². The first-order chi connectivity index (χ1) is 29.8. The fourth-order valence-electron chi connectivity index (χ4n) is 7.51. The SMILES string of the molecule is CC(=O)OCC1OC(CC(=S)Nc2cccc(C3OC(CSc4ccc(O)cc4)C(c4ccccc4)C(c4ccc(CO)cc4)O3)c2)C(OC(C)=O)C(OC(C)=O)C1OC(C)=O. The van der Waals surface area contributed by atoms with E-state index >= 15 is 0 Å². The number of carbonyl (C=O) groups excluding carboxylic acids is 4. The highest BCUT2D eigenvalue weighted by Gasteiger charge is 2.52. The largest absolute Gasteiger partial charge is 0.508 e. The van der Waals surface area contributed by atoms with Crippen LogP contribution in [0.4, 0.5) is 5.69 Å². The van der Waals surface area contributed by atoms with Crippen LogP contribution in [0.2, 0.25) is 0 Å². The summed E-state index contributed by atoms with van der Waals surface area (Å²) in [7, 11) is 0. The summed E-state index contributed by atoms with van der Waals surface area (Å²) >= 11 is 7.43. The lowest BCUT2D eigenvalue weighted by atomic mass is 9.84. The van der Waals surface area contributed by atoms with Gasteiger partial charge >= 0.3 is 23.9 Å². The van der Waals surface area contributed by atoms with Crippen molar-refractivity contribution in [1.29, 1.82) is 0 Å². The van der Waals surface area contributed by atoms with Crippen LogP contribution in [0.1, 0.15) is 74.7 Å². The molecule has 3 N–H and O–H groups in total. The number of nitrogens with one attached hydrogen (secondary N) is 1. The van der Waals surface area contributed by atoms with Crippen molar-refractivity contribution >= 4 is 58.5 Å². The smallest absolute Gasteiger partial charge is 0.303 e. The highest BCUT2D eigenvalue weighted by Crippen LogP contribution is 2.48. The molecule has 0 aromatic heterocycles. The van der Waals surface area contributed by atoms with Crippen LogP contribution in [0.25, 0.3) is 0 Å². The minimum atomic E-state index is -1.32. The van der Waals surface area contributed by atoms with Gasteiger partial charge in [0.2, 0.25) is 0 Å². The van der Waals surface area contributed by atoms with Crippen LogP contribution >= 0.6 is 24.0 Å². The number of rotatable bonds is 15. The van der Waals surface area contributed by atoms with Crippen molar-refractivity contribution in [2.24, 2.45) is 0 Å². The van der Waals surface area contributed by atoms with Gasteiger partial charge in [0, 0.05) is 61.9 Å². The molecule has 2 fully saturated rings. The molecule has 4 aromatic rings. The highest BCUT2D eigenvalue weighted by molar-refractivity contribution is 7.99. The molecule has 6 rings (SSSR count). The molecule has 9 atom stereocenters. The summed E-state index contributed by atoms with van der Waals surface area (Å²) < 4.78 is 42.0. The molecule has 62 heavy (non-hydrogen) atoms. The molecule has 2 aliphatic rings. The Morgan fingerprint density at radius 3 is 1.94 bits per heavy atom. The summed E-state index contributed by atoms with van der Waals surface area (Å²) in [5.74, 6) is -2.30. The molecular formula is C46H49NO13S2. The summed E-state index contributed by atoms with van der Waals surface area (Å²) in [5, 5.41) is 22.9. The maximum absolute atomic E-state index is 12.4. The lowest BCUT2D eigenvalue weighted by Gasteiger charge is -2.44. The van der Waals surface area contributed by atoms with Crippen LogP contribution in [0.3, 0.4) is 0 Å². The number of anilines is 1. The van der Waals surface area contributed by atoms with E-state index in [2.05, 4.69) is 17.4 Å². The van der Waals surface area contributed by atoms with E-state index in [1.165, 1.54) is 13.8 Å². The monoisotopic (exact) mass is 887 g/mol. The molecule has 328 valence electrons. The zero-order valence-corrected chi connectivity index (χ0v) is 36.2. The van der Waals surface area contributed by atoms with Crippen LogP contribution in [-0.2, 0) is 58.9 Å². The van der Waals surface area contributed by atoms with Gasteiger partial charge in [0.25, 0.3) is 0 Å². The number of phenolic OH excluding ortho intramolecular Hbond substituents is 1. The molecule has 9 unspecified atom stereocenters. The average molecular weight is 888 g/mol. The van der Waals surface area contributed by atoms with Crippen LogP contribution in [0.5, 0.6) is 5.75 Å². The van der Waals surface area contributed by atoms with Crippen molar-refractivity contribution in [3.05, 3.63) is 125 Å². The number of esters is 4. The predicted octanol–water partition coefficient (Wildman–Crippen LogP) is 6.87. The third-order valence-corrected chi connectivity index (χ3v) is 11.5. The summed E-state index contributed by atoms with van der Waals surface area (Å²) in [6.07, 6.45) is -7.74. The Morgan fingerprint density at radius 2 is 1.31 bits per heavy atom. The molecule has 0 amide bonds. The summed E-state index contributed by atoms with van der Waals surface area (Å²) in [6, 6.07) is 32.1. The second kappa shape index (κ2) is 21.6. The van der Waals surface area contributed by atoms with Gasteiger partial charge in [0.15, 0.2) is 24.6 Å². The van der Waals surface area contributed by atoms with E-state index in [9.17, 15) is 29.4 Å². The van der Waals surface area contributed by atoms with E-state index in [0.29, 0.717) is 17.0 Å². The molecule has 2 heterocycles. The van der Waals surface area contributed by atoms with E-state index in [1.807, 2.05) is 78.9 Å². The molecule has 0 spiro atoms. The first-order valence-corrected chi connectivity index (χ1v) is 21.3. The van der Waals surface area contributed by atoms with Crippen LogP contribution < -0.4 is 5.32 Å². The molecule has 0 bridgehead atoms. The molecule has 0 radical (unpaired) electrons. The van der Waals surface area contributed by atoms with Gasteiger partial charge in [-0.05, 0) is 53.1 Å². The zero-order valence-electron chi connectivity index (χ0n) is 34.5. The zero-order chi connectivity index (χ0) is 44.3. The maximum Gasteiger partial charge on any atom is 0.303 e. The van der Waals surface area contributed by atoms with Crippen LogP contribution in [-0.4, -0.2) is 88.1 Å². The summed E-state index contributed by atoms with van der Waals surface area (Å²) in [4.78, 5) is 49.9. The predicted molar refractivity (Wildman–Crippen MR) is 231 cm³/mol. The number of aliphatic hydroxyl groups excluding tert-OH is 1. The molecular weight excluding hydrogens is 839 g/mol. The lowest BCUT2D eigenvalue weighted by Crippen LogP contribution is -2.62. The maximum atomic E-state index is 12.4. The summed E-state index contributed by atoms with van der Waals surface area (Å²) in [5.41, 5.74) is 3.97. The van der Waals surface area contributed by atoms with E-state index in [4.69, 9.17) is 45.4 Å². The molecule has 4 aromatic carbocycles. The van der Waals surface area contributed by atoms with E-state index in [-0.39, 0.29) is 42.4 Å². The van der Waals surface area contributed by atoms with Gasteiger partial charge in [-0.25, -0.2) is 0 Å². The van der Waals surface area contributed by atoms with Gasteiger partial charge in [-0.15, -0.1) is 11.8 Å². The number of ether oxygens (including phenoxy) is 7. The Kier molecular flexibility index (Phi) is 16.1. The van der Waals surface area contributed by atoms with Gasteiger partial charge in [0.05, 0.1) is 23.8 Å². The third kappa shape index (κ3) is 12.4. The van der Waals surface area contributed by atoms with E-state index in [0.717, 1.165) is 35.4 Å². The number of hydrogen-bond donors (Lipinski definition) is 3. The van der Waals surface area contributed by atoms with E-state index < -0.39 is 66.8 Å². The minimum Gasteiger partial charge on any atom is -0.508 e. The fourth-order valence-corrected chi connectivity index (χ4v) is 8.77. The van der Waals surface area contributed by atoms with Gasteiger partial charge in [-0.3, -0.25) is 19.2 Å². The molecule has 14 nitrogen and oxygen atoms in total. The Hall–Kier alpha value is -5.36. The Balaban J connectivity index is 1.27. The van der Waals surface area contributed by atoms with Crippen molar-refractivity contribution < 1.29 is 62.5 Å². The lowest BCUT2D eigenvalue weighted by molar-refractivity contribution is -0.255. The normalized spacial score (nSPS) is 24.6. The number of carbonyl (C=O) groups is 4. The number of benzene rings is 4. The molecule has 0 aliphatic carbocycles.